The Kier molecular flexibility index (Phi) is 5.67. The van der Waals surface area contributed by atoms with E-state index in [2.05, 4.69) is 10.6 Å². The SMILES string of the molecule is CC(=O)c1ccc(Nc2ccc(NC(=O)Cc3ccccc3C)cc2)cc1. The third-order valence-corrected chi connectivity index (χ3v) is 4.36. The van der Waals surface area contributed by atoms with Gasteiger partial charge >= 0.3 is 0 Å². The molecule has 4 heteroatoms. The van der Waals surface area contributed by atoms with Gasteiger partial charge in [0.05, 0.1) is 6.42 Å². The lowest BCUT2D eigenvalue weighted by Gasteiger charge is -2.10. The number of Topliss-reactive ketones (excluding diaryl/α,β-unsaturated/α-hetero) is 1. The predicted octanol–water partition coefficient (Wildman–Crippen LogP) is 5.12. The number of rotatable bonds is 6. The molecule has 0 bridgehead atoms. The molecule has 0 saturated carbocycles. The highest BCUT2D eigenvalue weighted by molar-refractivity contribution is 5.94. The maximum absolute atomic E-state index is 12.2. The number of amides is 1. The van der Waals surface area contributed by atoms with Gasteiger partial charge in [-0.2, -0.15) is 0 Å². The lowest BCUT2D eigenvalue weighted by Crippen LogP contribution is -2.14. The van der Waals surface area contributed by atoms with E-state index in [1.54, 1.807) is 19.1 Å². The standard InChI is InChI=1S/C23H22N2O2/c1-16-5-3-4-6-19(16)15-23(27)25-22-13-11-21(12-14-22)24-20-9-7-18(8-10-20)17(2)26/h3-14,24H,15H2,1-2H3,(H,25,27). The van der Waals surface area contributed by atoms with Crippen LogP contribution in [-0.4, -0.2) is 11.7 Å². The number of benzene rings is 3. The van der Waals surface area contributed by atoms with Crippen LogP contribution in [0, 0.1) is 6.92 Å². The first-order chi connectivity index (χ1) is 13.0. The van der Waals surface area contributed by atoms with Gasteiger partial charge in [-0.25, -0.2) is 0 Å². The van der Waals surface area contributed by atoms with Gasteiger partial charge < -0.3 is 10.6 Å². The maximum atomic E-state index is 12.2. The monoisotopic (exact) mass is 358 g/mol. The fraction of sp³-hybridized carbons (Fsp3) is 0.130. The van der Waals surface area contributed by atoms with E-state index in [-0.39, 0.29) is 11.7 Å². The first-order valence-electron chi connectivity index (χ1n) is 8.84. The summed E-state index contributed by atoms with van der Waals surface area (Å²) < 4.78 is 0. The van der Waals surface area contributed by atoms with Crippen LogP contribution in [0.5, 0.6) is 0 Å². The molecule has 1 amide bonds. The van der Waals surface area contributed by atoms with E-state index < -0.39 is 0 Å². The van der Waals surface area contributed by atoms with Crippen molar-refractivity contribution in [1.82, 2.24) is 0 Å². The lowest BCUT2D eigenvalue weighted by atomic mass is 10.1. The van der Waals surface area contributed by atoms with E-state index in [0.29, 0.717) is 12.0 Å². The smallest absolute Gasteiger partial charge is 0.228 e. The molecule has 0 aliphatic heterocycles. The number of anilines is 3. The Morgan fingerprint density at radius 1 is 0.778 bits per heavy atom. The molecule has 0 atom stereocenters. The molecule has 0 aliphatic carbocycles. The second kappa shape index (κ2) is 8.32. The maximum Gasteiger partial charge on any atom is 0.228 e. The molecule has 4 nitrogen and oxygen atoms in total. The van der Waals surface area contributed by atoms with Gasteiger partial charge in [0.25, 0.3) is 0 Å². The molecule has 0 aromatic heterocycles. The van der Waals surface area contributed by atoms with Crippen LogP contribution < -0.4 is 10.6 Å². The summed E-state index contributed by atoms with van der Waals surface area (Å²) in [6.45, 7) is 3.56. The first kappa shape index (κ1) is 18.4. The van der Waals surface area contributed by atoms with E-state index >= 15 is 0 Å². The van der Waals surface area contributed by atoms with Gasteiger partial charge in [0, 0.05) is 22.6 Å². The molecule has 0 spiro atoms. The van der Waals surface area contributed by atoms with Crippen molar-refractivity contribution in [3.8, 4) is 0 Å². The molecule has 0 fully saturated rings. The summed E-state index contributed by atoms with van der Waals surface area (Å²) in [6.07, 6.45) is 0.356. The van der Waals surface area contributed by atoms with Crippen molar-refractivity contribution in [2.45, 2.75) is 20.3 Å². The fourth-order valence-corrected chi connectivity index (χ4v) is 2.78. The molecule has 3 aromatic carbocycles. The average Bonchev–Trinajstić information content (AvgIpc) is 2.66. The molecular formula is C23H22N2O2. The largest absolute Gasteiger partial charge is 0.356 e. The summed E-state index contributed by atoms with van der Waals surface area (Å²) in [5.74, 6) is 0.0113. The van der Waals surface area contributed by atoms with Gasteiger partial charge in [-0.15, -0.1) is 0 Å². The zero-order chi connectivity index (χ0) is 19.2. The Bertz CT molecular complexity index is 945. The molecule has 0 radical (unpaired) electrons. The molecule has 3 rings (SSSR count). The highest BCUT2D eigenvalue weighted by Crippen LogP contribution is 2.20. The Hall–Kier alpha value is -3.40. The second-order valence-corrected chi connectivity index (χ2v) is 6.49. The fourth-order valence-electron chi connectivity index (χ4n) is 2.78. The van der Waals surface area contributed by atoms with E-state index in [1.165, 1.54) is 0 Å². The minimum absolute atomic E-state index is 0.0372. The number of ketones is 1. The Morgan fingerprint density at radius 2 is 1.33 bits per heavy atom. The van der Waals surface area contributed by atoms with Crippen LogP contribution in [0.25, 0.3) is 0 Å². The van der Waals surface area contributed by atoms with Crippen molar-refractivity contribution >= 4 is 28.8 Å². The number of hydrogen-bond donors (Lipinski definition) is 2. The van der Waals surface area contributed by atoms with Crippen molar-refractivity contribution in [2.75, 3.05) is 10.6 Å². The van der Waals surface area contributed by atoms with Crippen LogP contribution in [0.1, 0.15) is 28.4 Å². The molecule has 0 aliphatic rings. The van der Waals surface area contributed by atoms with Gasteiger partial charge in [0.1, 0.15) is 0 Å². The Balaban J connectivity index is 1.59. The van der Waals surface area contributed by atoms with Crippen LogP contribution in [0.2, 0.25) is 0 Å². The van der Waals surface area contributed by atoms with Crippen LogP contribution in [0.4, 0.5) is 17.1 Å². The third-order valence-electron chi connectivity index (χ3n) is 4.36. The average molecular weight is 358 g/mol. The molecule has 0 unspecified atom stereocenters. The van der Waals surface area contributed by atoms with E-state index in [9.17, 15) is 9.59 Å². The highest BCUT2D eigenvalue weighted by Gasteiger charge is 2.06. The van der Waals surface area contributed by atoms with Crippen molar-refractivity contribution in [2.24, 2.45) is 0 Å². The van der Waals surface area contributed by atoms with Crippen LogP contribution in [-0.2, 0) is 11.2 Å². The minimum Gasteiger partial charge on any atom is -0.356 e. The lowest BCUT2D eigenvalue weighted by molar-refractivity contribution is -0.115. The number of carbonyl (C=O) groups is 2. The summed E-state index contributed by atoms with van der Waals surface area (Å²) in [5.41, 5.74) is 5.39. The summed E-state index contributed by atoms with van der Waals surface area (Å²) in [4.78, 5) is 23.6. The zero-order valence-corrected chi connectivity index (χ0v) is 15.5. The number of nitrogens with one attached hydrogen (secondary N) is 2. The molecule has 0 saturated heterocycles. The summed E-state index contributed by atoms with van der Waals surface area (Å²) in [6, 6.07) is 22.8. The van der Waals surface area contributed by atoms with Crippen molar-refractivity contribution < 1.29 is 9.59 Å². The molecule has 0 heterocycles. The van der Waals surface area contributed by atoms with Crippen molar-refractivity contribution in [3.05, 3.63) is 89.5 Å². The van der Waals surface area contributed by atoms with Gasteiger partial charge in [-0.05, 0) is 73.5 Å². The molecule has 136 valence electrons. The molecule has 2 N–H and O–H groups in total. The molecule has 27 heavy (non-hydrogen) atoms. The number of aryl methyl sites for hydroxylation is 1. The summed E-state index contributed by atoms with van der Waals surface area (Å²) in [5, 5.41) is 6.20. The molecule has 3 aromatic rings. The predicted molar refractivity (Wildman–Crippen MR) is 110 cm³/mol. The summed E-state index contributed by atoms with van der Waals surface area (Å²) in [7, 11) is 0. The number of carbonyl (C=O) groups excluding carboxylic acids is 2. The normalized spacial score (nSPS) is 10.3. The Labute approximate surface area is 159 Å². The minimum atomic E-state index is -0.0372. The van der Waals surface area contributed by atoms with Crippen molar-refractivity contribution in [3.63, 3.8) is 0 Å². The van der Waals surface area contributed by atoms with E-state index in [4.69, 9.17) is 0 Å². The van der Waals surface area contributed by atoms with Crippen LogP contribution >= 0.6 is 0 Å². The molecular weight excluding hydrogens is 336 g/mol. The first-order valence-corrected chi connectivity index (χ1v) is 8.84. The van der Waals surface area contributed by atoms with Gasteiger partial charge in [-0.1, -0.05) is 24.3 Å². The quantitative estimate of drug-likeness (QED) is 0.601. The van der Waals surface area contributed by atoms with E-state index in [0.717, 1.165) is 28.2 Å². The van der Waals surface area contributed by atoms with E-state index in [1.807, 2.05) is 67.6 Å². The summed E-state index contributed by atoms with van der Waals surface area (Å²) >= 11 is 0. The third kappa shape index (κ3) is 5.05. The Morgan fingerprint density at radius 3 is 1.93 bits per heavy atom. The van der Waals surface area contributed by atoms with Crippen molar-refractivity contribution in [1.29, 1.82) is 0 Å². The van der Waals surface area contributed by atoms with Gasteiger partial charge in [0.15, 0.2) is 5.78 Å². The van der Waals surface area contributed by atoms with Gasteiger partial charge in [-0.3, -0.25) is 9.59 Å². The zero-order valence-electron chi connectivity index (χ0n) is 15.5. The topological polar surface area (TPSA) is 58.2 Å². The van der Waals surface area contributed by atoms with Gasteiger partial charge in [0.2, 0.25) is 5.91 Å². The number of hydrogen-bond acceptors (Lipinski definition) is 3. The second-order valence-electron chi connectivity index (χ2n) is 6.49. The highest BCUT2D eigenvalue weighted by atomic mass is 16.1. The van der Waals surface area contributed by atoms with Crippen LogP contribution in [0.3, 0.4) is 0 Å². The van der Waals surface area contributed by atoms with Crippen LogP contribution in [0.15, 0.2) is 72.8 Å².